The predicted octanol–water partition coefficient (Wildman–Crippen LogP) is 4.39. The van der Waals surface area contributed by atoms with E-state index in [1.807, 2.05) is 0 Å². The molecule has 1 unspecified atom stereocenters. The van der Waals surface area contributed by atoms with Crippen molar-refractivity contribution in [2.45, 2.75) is 36.8 Å². The summed E-state index contributed by atoms with van der Waals surface area (Å²) in [6.45, 7) is 1.70. The van der Waals surface area contributed by atoms with Crippen molar-refractivity contribution in [3.8, 4) is 6.07 Å². The molecule has 1 fully saturated rings. The molecule has 1 aliphatic carbocycles. The third kappa shape index (κ3) is 4.65. The summed E-state index contributed by atoms with van der Waals surface area (Å²) in [5.74, 6) is -0.323. The average Bonchev–Trinajstić information content (AvgIpc) is 3.58. The van der Waals surface area contributed by atoms with E-state index in [2.05, 4.69) is 21.5 Å². The zero-order valence-corrected chi connectivity index (χ0v) is 18.3. The van der Waals surface area contributed by atoms with Gasteiger partial charge in [-0.1, -0.05) is 35.5 Å². The number of carbonyl (C=O) groups excluding carboxylic acids is 2. The summed E-state index contributed by atoms with van der Waals surface area (Å²) < 4.78 is 10.6. The van der Waals surface area contributed by atoms with Crippen LogP contribution in [-0.4, -0.2) is 28.3 Å². The fourth-order valence-electron chi connectivity index (χ4n) is 3.23. The molecule has 2 heterocycles. The highest BCUT2D eigenvalue weighted by atomic mass is 32.2. The van der Waals surface area contributed by atoms with Crippen molar-refractivity contribution >= 4 is 29.5 Å². The highest BCUT2D eigenvalue weighted by Crippen LogP contribution is 2.41. The summed E-state index contributed by atoms with van der Waals surface area (Å²) in [4.78, 5) is 30.7. The van der Waals surface area contributed by atoms with Crippen molar-refractivity contribution in [1.82, 2.24) is 10.1 Å². The lowest BCUT2D eigenvalue weighted by Gasteiger charge is -2.18. The number of hydrogen-bond donors (Lipinski definition) is 1. The van der Waals surface area contributed by atoms with Crippen molar-refractivity contribution in [3.05, 3.63) is 70.6 Å². The number of benzene rings is 1. The number of aromatic nitrogens is 2. The highest BCUT2D eigenvalue weighted by Gasteiger charge is 2.31. The van der Waals surface area contributed by atoms with Crippen LogP contribution in [0.3, 0.4) is 0 Å². The molecule has 0 radical (unpaired) electrons. The van der Waals surface area contributed by atoms with E-state index in [0.717, 1.165) is 18.5 Å². The summed E-state index contributed by atoms with van der Waals surface area (Å²) in [7, 11) is 0. The molecule has 0 aliphatic heterocycles. The number of thioether (sulfide) groups is 1. The van der Waals surface area contributed by atoms with Crippen LogP contribution in [0.4, 0.5) is 5.82 Å². The molecule has 0 bridgehead atoms. The molecule has 0 spiro atoms. The van der Waals surface area contributed by atoms with E-state index in [9.17, 15) is 14.9 Å². The van der Waals surface area contributed by atoms with Crippen LogP contribution in [0.1, 0.15) is 57.8 Å². The lowest BCUT2D eigenvalue weighted by atomic mass is 10.1. The average molecular weight is 449 g/mol. The van der Waals surface area contributed by atoms with Crippen LogP contribution in [0.25, 0.3) is 0 Å². The molecule has 0 saturated heterocycles. The molecular formula is C23H20N4O4S. The second-order valence-corrected chi connectivity index (χ2v) is 8.17. The fourth-order valence-corrected chi connectivity index (χ4v) is 3.79. The van der Waals surface area contributed by atoms with Crippen LogP contribution in [0.2, 0.25) is 0 Å². The van der Waals surface area contributed by atoms with Gasteiger partial charge in [0.25, 0.3) is 5.91 Å². The Morgan fingerprint density at radius 3 is 2.62 bits per heavy atom. The van der Waals surface area contributed by atoms with Gasteiger partial charge in [-0.15, -0.1) is 11.8 Å². The minimum Gasteiger partial charge on any atom is -0.444 e. The Kier molecular flexibility index (Phi) is 6.23. The Bertz CT molecular complexity index is 1200. The molecule has 8 nitrogen and oxygen atoms in total. The fraction of sp³-hybridized carbons (Fsp3) is 0.261. The number of esters is 1. The minimum absolute atomic E-state index is 0.111. The predicted molar refractivity (Wildman–Crippen MR) is 117 cm³/mol. The number of ether oxygens (including phenoxy) is 1. The van der Waals surface area contributed by atoms with Crippen LogP contribution in [0, 0.1) is 18.3 Å². The summed E-state index contributed by atoms with van der Waals surface area (Å²) in [5, 5.41) is 16.5. The number of aryl methyl sites for hydroxylation is 1. The van der Waals surface area contributed by atoms with E-state index < -0.39 is 18.0 Å². The van der Waals surface area contributed by atoms with Gasteiger partial charge in [0.15, 0.2) is 5.82 Å². The summed E-state index contributed by atoms with van der Waals surface area (Å²) in [6, 6.07) is 13.9. The number of anilines is 1. The van der Waals surface area contributed by atoms with Crippen LogP contribution in [0.5, 0.6) is 0 Å². The van der Waals surface area contributed by atoms with Crippen LogP contribution >= 0.6 is 11.8 Å². The topological polar surface area (TPSA) is 118 Å². The molecule has 32 heavy (non-hydrogen) atoms. The number of hydrogen-bond acceptors (Lipinski definition) is 8. The zero-order valence-electron chi connectivity index (χ0n) is 17.5. The van der Waals surface area contributed by atoms with E-state index in [-0.39, 0.29) is 22.9 Å². The van der Waals surface area contributed by atoms with E-state index in [1.165, 1.54) is 11.8 Å². The summed E-state index contributed by atoms with van der Waals surface area (Å²) in [6.07, 6.45) is 2.54. The monoisotopic (exact) mass is 448 g/mol. The Labute approximate surface area is 189 Å². The van der Waals surface area contributed by atoms with Gasteiger partial charge < -0.3 is 14.6 Å². The molecule has 1 N–H and O–H groups in total. The van der Waals surface area contributed by atoms with Crippen molar-refractivity contribution in [2.24, 2.45) is 0 Å². The standard InChI is InChI=1S/C23H20N4O4S/c1-13-10-19(27-31-13)26-21(28)20(15-6-4-3-5-7-15)30-23(29)16-11-18(14-8-9-14)25-22(32-2)17(16)12-24/h3-7,10-11,14,20H,8-9H2,1-2H3,(H,26,27,28). The first-order valence-electron chi connectivity index (χ1n) is 9.99. The second-order valence-electron chi connectivity index (χ2n) is 7.37. The number of pyridine rings is 1. The molecule has 2 aromatic heterocycles. The maximum Gasteiger partial charge on any atom is 0.340 e. The van der Waals surface area contributed by atoms with Gasteiger partial charge in [-0.05, 0) is 32.1 Å². The number of amides is 1. The molecule has 1 aliphatic rings. The molecule has 9 heteroatoms. The first-order chi connectivity index (χ1) is 15.5. The third-order valence-corrected chi connectivity index (χ3v) is 5.65. The van der Waals surface area contributed by atoms with Crippen LogP contribution < -0.4 is 5.32 Å². The van der Waals surface area contributed by atoms with E-state index in [0.29, 0.717) is 16.3 Å². The van der Waals surface area contributed by atoms with Gasteiger partial charge in [0.05, 0.1) is 11.1 Å². The molecule has 162 valence electrons. The number of nitrogens with one attached hydrogen (secondary N) is 1. The Morgan fingerprint density at radius 2 is 2.03 bits per heavy atom. The largest absolute Gasteiger partial charge is 0.444 e. The Balaban J connectivity index is 1.66. The summed E-state index contributed by atoms with van der Waals surface area (Å²) in [5.41, 5.74) is 1.50. The molecule has 3 aromatic rings. The lowest BCUT2D eigenvalue weighted by Crippen LogP contribution is -2.26. The maximum atomic E-state index is 13.2. The normalized spacial score (nSPS) is 13.8. The lowest BCUT2D eigenvalue weighted by molar-refractivity contribution is -0.125. The zero-order chi connectivity index (χ0) is 22.7. The van der Waals surface area contributed by atoms with Gasteiger partial charge >= 0.3 is 5.97 Å². The van der Waals surface area contributed by atoms with Gasteiger partial charge in [0.2, 0.25) is 6.10 Å². The van der Waals surface area contributed by atoms with Gasteiger partial charge in [-0.3, -0.25) is 4.79 Å². The van der Waals surface area contributed by atoms with E-state index in [1.54, 1.807) is 55.6 Å². The van der Waals surface area contributed by atoms with Crippen molar-refractivity contribution in [2.75, 3.05) is 11.6 Å². The molecule has 1 saturated carbocycles. The van der Waals surface area contributed by atoms with Crippen molar-refractivity contribution in [1.29, 1.82) is 5.26 Å². The smallest absolute Gasteiger partial charge is 0.340 e. The molecule has 1 atom stereocenters. The molecule has 1 amide bonds. The van der Waals surface area contributed by atoms with Gasteiger partial charge in [-0.25, -0.2) is 9.78 Å². The first-order valence-corrected chi connectivity index (χ1v) is 11.2. The van der Waals surface area contributed by atoms with Crippen molar-refractivity contribution < 1.29 is 18.8 Å². The maximum absolute atomic E-state index is 13.2. The van der Waals surface area contributed by atoms with Crippen molar-refractivity contribution in [3.63, 3.8) is 0 Å². The number of carbonyl (C=O) groups is 2. The third-order valence-electron chi connectivity index (χ3n) is 4.97. The quantitative estimate of drug-likeness (QED) is 0.418. The first kappa shape index (κ1) is 21.6. The summed E-state index contributed by atoms with van der Waals surface area (Å²) >= 11 is 1.30. The molecular weight excluding hydrogens is 428 g/mol. The number of nitriles is 1. The van der Waals surface area contributed by atoms with Gasteiger partial charge in [-0.2, -0.15) is 5.26 Å². The number of rotatable bonds is 7. The van der Waals surface area contributed by atoms with Crippen LogP contribution in [0.15, 0.2) is 52.0 Å². The molecule has 4 rings (SSSR count). The Hall–Kier alpha value is -3.64. The SMILES string of the molecule is CSc1nc(C2CC2)cc(C(=O)OC(C(=O)Nc2cc(C)on2)c2ccccc2)c1C#N. The van der Waals surface area contributed by atoms with Gasteiger partial charge in [0, 0.05) is 23.2 Å². The number of nitrogens with zero attached hydrogens (tertiary/aromatic N) is 3. The van der Waals surface area contributed by atoms with Gasteiger partial charge in [0.1, 0.15) is 16.9 Å². The van der Waals surface area contributed by atoms with E-state index >= 15 is 0 Å². The highest BCUT2D eigenvalue weighted by molar-refractivity contribution is 7.98. The molecule has 1 aromatic carbocycles. The van der Waals surface area contributed by atoms with Crippen LogP contribution in [-0.2, 0) is 9.53 Å². The minimum atomic E-state index is -1.25. The second kappa shape index (κ2) is 9.24. The Morgan fingerprint density at radius 1 is 1.28 bits per heavy atom. The van der Waals surface area contributed by atoms with E-state index in [4.69, 9.17) is 9.26 Å².